The van der Waals surface area contributed by atoms with Gasteiger partial charge < -0.3 is 10.4 Å². The third-order valence-electron chi connectivity index (χ3n) is 1.95. The van der Waals surface area contributed by atoms with Gasteiger partial charge in [-0.15, -0.1) is 0 Å². The molecule has 1 rings (SSSR count). The lowest BCUT2D eigenvalue weighted by Crippen LogP contribution is -2.31. The zero-order chi connectivity index (χ0) is 13.9. The fraction of sp³-hybridized carbons (Fsp3) is 0.100. The number of benzene rings is 1. The summed E-state index contributed by atoms with van der Waals surface area (Å²) >= 11 is 0. The van der Waals surface area contributed by atoms with Gasteiger partial charge in [-0.3, -0.25) is 9.59 Å². The number of aldehydes is 1. The highest BCUT2D eigenvalue weighted by atomic mass is 19.4. The van der Waals surface area contributed by atoms with E-state index < -0.39 is 29.3 Å². The normalized spacial score (nSPS) is 10.8. The molecule has 0 heterocycles. The number of carboxylic acids is 1. The molecule has 8 heteroatoms. The Morgan fingerprint density at radius 1 is 1.28 bits per heavy atom. The lowest BCUT2D eigenvalue weighted by atomic mass is 10.1. The van der Waals surface area contributed by atoms with Gasteiger partial charge in [0.2, 0.25) is 0 Å². The highest BCUT2D eigenvalue weighted by Gasteiger charge is 2.39. The molecule has 0 bridgehead atoms. The molecule has 5 nitrogen and oxygen atoms in total. The minimum absolute atomic E-state index is 0.151. The zero-order valence-electron chi connectivity index (χ0n) is 8.62. The Morgan fingerprint density at radius 2 is 1.89 bits per heavy atom. The number of alkyl halides is 3. The van der Waals surface area contributed by atoms with Gasteiger partial charge in [0.05, 0.1) is 11.3 Å². The first-order chi connectivity index (χ1) is 8.27. The molecule has 0 aliphatic rings. The number of amides is 1. The predicted octanol–water partition coefficient (Wildman–Crippen LogP) is 1.70. The monoisotopic (exact) mass is 261 g/mol. The van der Waals surface area contributed by atoms with E-state index in [0.29, 0.717) is 0 Å². The van der Waals surface area contributed by atoms with Crippen LogP contribution in [0.25, 0.3) is 0 Å². The van der Waals surface area contributed by atoms with Crippen LogP contribution in [0, 0.1) is 0 Å². The fourth-order valence-corrected chi connectivity index (χ4v) is 1.17. The Kier molecular flexibility index (Phi) is 3.70. The summed E-state index contributed by atoms with van der Waals surface area (Å²) in [5, 5.41) is 10.1. The van der Waals surface area contributed by atoms with Gasteiger partial charge in [-0.1, -0.05) is 6.07 Å². The molecule has 0 saturated carbocycles. The van der Waals surface area contributed by atoms with Gasteiger partial charge >= 0.3 is 18.1 Å². The molecule has 0 radical (unpaired) electrons. The van der Waals surface area contributed by atoms with E-state index in [0.717, 1.165) is 12.1 Å². The topological polar surface area (TPSA) is 83.5 Å². The number of rotatable bonds is 3. The average Bonchev–Trinajstić information content (AvgIpc) is 2.27. The molecule has 0 aliphatic heterocycles. The molecular weight excluding hydrogens is 255 g/mol. The van der Waals surface area contributed by atoms with Gasteiger partial charge in [0.15, 0.2) is 6.29 Å². The van der Waals surface area contributed by atoms with E-state index in [1.54, 1.807) is 0 Å². The highest BCUT2D eigenvalue weighted by molar-refractivity contribution is 6.06. The van der Waals surface area contributed by atoms with Crippen LogP contribution in [-0.2, 0) is 4.79 Å². The van der Waals surface area contributed by atoms with E-state index in [-0.39, 0.29) is 11.8 Å². The van der Waals surface area contributed by atoms with Crippen LogP contribution in [-0.4, -0.2) is 29.4 Å². The second-order valence-electron chi connectivity index (χ2n) is 3.14. The second-order valence-corrected chi connectivity index (χ2v) is 3.14. The number of carbonyl (C=O) groups is 3. The van der Waals surface area contributed by atoms with Crippen molar-refractivity contribution in [2.24, 2.45) is 0 Å². The van der Waals surface area contributed by atoms with Gasteiger partial charge in [0, 0.05) is 5.56 Å². The molecule has 1 amide bonds. The molecule has 0 fully saturated rings. The first-order valence-corrected chi connectivity index (χ1v) is 4.47. The number of aromatic carboxylic acids is 1. The number of hydrogen-bond donors (Lipinski definition) is 2. The standard InChI is InChI=1S/C10H6F3NO4/c11-10(12,13)9(18)14-7-5(4-15)2-1-3-6(7)8(16)17/h1-4H,(H,14,18)(H,16,17). The molecule has 1 aromatic carbocycles. The first-order valence-electron chi connectivity index (χ1n) is 4.47. The Labute approximate surface area is 98.2 Å². The summed E-state index contributed by atoms with van der Waals surface area (Å²) in [5.41, 5.74) is -1.63. The smallest absolute Gasteiger partial charge is 0.471 e. The van der Waals surface area contributed by atoms with Crippen molar-refractivity contribution in [2.45, 2.75) is 6.18 Å². The third-order valence-corrected chi connectivity index (χ3v) is 1.95. The molecule has 96 valence electrons. The molecular formula is C10H6F3NO4. The molecule has 1 aromatic rings. The van der Waals surface area contributed by atoms with Crippen molar-refractivity contribution >= 4 is 23.9 Å². The van der Waals surface area contributed by atoms with Crippen LogP contribution in [0.5, 0.6) is 0 Å². The molecule has 18 heavy (non-hydrogen) atoms. The lowest BCUT2D eigenvalue weighted by Gasteiger charge is -2.12. The summed E-state index contributed by atoms with van der Waals surface area (Å²) in [6.07, 6.45) is -5.02. The van der Waals surface area contributed by atoms with E-state index in [1.807, 2.05) is 0 Å². The SMILES string of the molecule is O=Cc1cccc(C(=O)O)c1NC(=O)C(F)(F)F. The van der Waals surface area contributed by atoms with Gasteiger partial charge in [-0.25, -0.2) is 4.79 Å². The minimum atomic E-state index is -5.17. The molecule has 0 unspecified atom stereocenters. The predicted molar refractivity (Wildman–Crippen MR) is 53.5 cm³/mol. The maximum absolute atomic E-state index is 12.1. The van der Waals surface area contributed by atoms with Crippen LogP contribution < -0.4 is 5.32 Å². The maximum Gasteiger partial charge on any atom is 0.471 e. The van der Waals surface area contributed by atoms with Crippen molar-refractivity contribution in [1.82, 2.24) is 0 Å². The average molecular weight is 261 g/mol. The summed E-state index contributed by atoms with van der Waals surface area (Å²) in [4.78, 5) is 32.1. The Morgan fingerprint density at radius 3 is 2.33 bits per heavy atom. The summed E-state index contributed by atoms with van der Waals surface area (Å²) in [6.45, 7) is 0. The van der Waals surface area contributed by atoms with Gasteiger partial charge in [-0.05, 0) is 12.1 Å². The summed E-state index contributed by atoms with van der Waals surface area (Å²) in [6, 6.07) is 3.24. The zero-order valence-corrected chi connectivity index (χ0v) is 8.62. The van der Waals surface area contributed by atoms with E-state index in [9.17, 15) is 27.6 Å². The summed E-state index contributed by atoms with van der Waals surface area (Å²) in [5.74, 6) is -3.91. The van der Waals surface area contributed by atoms with Crippen LogP contribution in [0.1, 0.15) is 20.7 Å². The molecule has 0 saturated heterocycles. The maximum atomic E-state index is 12.1. The lowest BCUT2D eigenvalue weighted by molar-refractivity contribution is -0.167. The van der Waals surface area contributed by atoms with Crippen LogP contribution in [0.15, 0.2) is 18.2 Å². The van der Waals surface area contributed by atoms with E-state index in [1.165, 1.54) is 11.4 Å². The van der Waals surface area contributed by atoms with Crippen LogP contribution >= 0.6 is 0 Å². The van der Waals surface area contributed by atoms with Crippen molar-refractivity contribution in [3.8, 4) is 0 Å². The molecule has 0 aliphatic carbocycles. The highest BCUT2D eigenvalue weighted by Crippen LogP contribution is 2.23. The van der Waals surface area contributed by atoms with Gasteiger partial charge in [-0.2, -0.15) is 13.2 Å². The third kappa shape index (κ3) is 2.84. The van der Waals surface area contributed by atoms with E-state index in [4.69, 9.17) is 5.11 Å². The fourth-order valence-electron chi connectivity index (χ4n) is 1.17. The number of halogens is 3. The van der Waals surface area contributed by atoms with Crippen molar-refractivity contribution in [3.63, 3.8) is 0 Å². The van der Waals surface area contributed by atoms with Crippen LogP contribution in [0.4, 0.5) is 18.9 Å². The minimum Gasteiger partial charge on any atom is -0.478 e. The van der Waals surface area contributed by atoms with Crippen molar-refractivity contribution in [2.75, 3.05) is 5.32 Å². The quantitative estimate of drug-likeness (QED) is 0.811. The second kappa shape index (κ2) is 4.86. The number of hydrogen-bond acceptors (Lipinski definition) is 3. The Balaban J connectivity index is 3.25. The number of carbonyl (C=O) groups excluding carboxylic acids is 2. The summed E-state index contributed by atoms with van der Waals surface area (Å²) < 4.78 is 36.2. The number of nitrogens with one attached hydrogen (secondary N) is 1. The number of anilines is 1. The van der Waals surface area contributed by atoms with Gasteiger partial charge in [0.25, 0.3) is 0 Å². The number of carboxylic acid groups (broad SMARTS) is 1. The largest absolute Gasteiger partial charge is 0.478 e. The van der Waals surface area contributed by atoms with Crippen molar-refractivity contribution in [1.29, 1.82) is 0 Å². The first kappa shape index (κ1) is 13.7. The van der Waals surface area contributed by atoms with Crippen LogP contribution in [0.3, 0.4) is 0 Å². The molecule has 0 atom stereocenters. The number of para-hydroxylation sites is 1. The molecule has 2 N–H and O–H groups in total. The molecule has 0 aromatic heterocycles. The van der Waals surface area contributed by atoms with Crippen molar-refractivity contribution < 1.29 is 32.7 Å². The van der Waals surface area contributed by atoms with Crippen molar-refractivity contribution in [3.05, 3.63) is 29.3 Å². The summed E-state index contributed by atoms with van der Waals surface area (Å²) in [7, 11) is 0. The Bertz CT molecular complexity index is 510. The van der Waals surface area contributed by atoms with Gasteiger partial charge in [0.1, 0.15) is 0 Å². The van der Waals surface area contributed by atoms with Crippen LogP contribution in [0.2, 0.25) is 0 Å². The Hall–Kier alpha value is -2.38. The van der Waals surface area contributed by atoms with E-state index in [2.05, 4.69) is 0 Å². The van der Waals surface area contributed by atoms with E-state index >= 15 is 0 Å². The molecule has 0 spiro atoms.